The lowest BCUT2D eigenvalue weighted by Crippen LogP contribution is -1.95. The van der Waals surface area contributed by atoms with Gasteiger partial charge >= 0.3 is 5.69 Å². The molecule has 0 saturated heterocycles. The maximum atomic E-state index is 11.1. The van der Waals surface area contributed by atoms with Gasteiger partial charge < -0.3 is 18.9 Å². The zero-order chi connectivity index (χ0) is 18.4. The summed E-state index contributed by atoms with van der Waals surface area (Å²) in [6, 6.07) is 8.33. The van der Waals surface area contributed by atoms with E-state index in [2.05, 4.69) is 0 Å². The number of methoxy groups -OCH3 is 4. The summed E-state index contributed by atoms with van der Waals surface area (Å²) in [6.45, 7) is 0. The third-order valence-corrected chi connectivity index (χ3v) is 3.55. The topological polar surface area (TPSA) is 80.1 Å². The summed E-state index contributed by atoms with van der Waals surface area (Å²) in [7, 11) is 6.01. The van der Waals surface area contributed by atoms with Gasteiger partial charge in [-0.2, -0.15) is 0 Å². The molecule has 0 aromatic heterocycles. The molecule has 2 aromatic carbocycles. The highest BCUT2D eigenvalue weighted by molar-refractivity contribution is 5.74. The Morgan fingerprint density at radius 1 is 0.800 bits per heavy atom. The van der Waals surface area contributed by atoms with Crippen molar-refractivity contribution in [2.45, 2.75) is 0 Å². The summed E-state index contributed by atoms with van der Waals surface area (Å²) in [4.78, 5) is 10.6. The number of rotatable bonds is 7. The summed E-state index contributed by atoms with van der Waals surface area (Å²) in [5.41, 5.74) is 1.38. The molecule has 0 aliphatic carbocycles. The van der Waals surface area contributed by atoms with Gasteiger partial charge in [-0.25, -0.2) is 0 Å². The molecule has 7 heteroatoms. The van der Waals surface area contributed by atoms with Crippen molar-refractivity contribution in [3.05, 3.63) is 51.6 Å². The first-order valence-corrected chi connectivity index (χ1v) is 7.34. The molecule has 25 heavy (non-hydrogen) atoms. The Bertz CT molecular complexity index is 775. The Labute approximate surface area is 145 Å². The van der Waals surface area contributed by atoms with Gasteiger partial charge in [-0.15, -0.1) is 0 Å². The van der Waals surface area contributed by atoms with Crippen LogP contribution in [0.3, 0.4) is 0 Å². The maximum Gasteiger partial charge on any atom is 0.311 e. The van der Waals surface area contributed by atoms with Gasteiger partial charge in [0.05, 0.1) is 33.4 Å². The molecule has 2 rings (SSSR count). The second kappa shape index (κ2) is 8.05. The highest BCUT2D eigenvalue weighted by atomic mass is 16.6. The van der Waals surface area contributed by atoms with Crippen LogP contribution in [0.25, 0.3) is 12.2 Å². The molecule has 132 valence electrons. The zero-order valence-corrected chi connectivity index (χ0v) is 14.4. The van der Waals surface area contributed by atoms with Crippen LogP contribution in [0.2, 0.25) is 0 Å². The summed E-state index contributed by atoms with van der Waals surface area (Å²) >= 11 is 0. The number of hydrogen-bond donors (Lipinski definition) is 0. The van der Waals surface area contributed by atoms with E-state index in [4.69, 9.17) is 18.9 Å². The highest BCUT2D eigenvalue weighted by Gasteiger charge is 2.15. The molecular formula is C18H19NO6. The van der Waals surface area contributed by atoms with Gasteiger partial charge in [-0.3, -0.25) is 10.1 Å². The highest BCUT2D eigenvalue weighted by Crippen LogP contribution is 2.38. The van der Waals surface area contributed by atoms with E-state index in [9.17, 15) is 10.1 Å². The minimum atomic E-state index is -0.477. The van der Waals surface area contributed by atoms with Crippen LogP contribution in [0.1, 0.15) is 11.1 Å². The molecule has 0 fully saturated rings. The first-order chi connectivity index (χ1) is 12.0. The van der Waals surface area contributed by atoms with Crippen LogP contribution in [-0.4, -0.2) is 33.4 Å². The van der Waals surface area contributed by atoms with Crippen molar-refractivity contribution in [1.29, 1.82) is 0 Å². The van der Waals surface area contributed by atoms with Gasteiger partial charge in [0.25, 0.3) is 0 Å². The van der Waals surface area contributed by atoms with E-state index in [0.29, 0.717) is 22.8 Å². The van der Waals surface area contributed by atoms with Gasteiger partial charge in [-0.1, -0.05) is 18.2 Å². The van der Waals surface area contributed by atoms with Crippen molar-refractivity contribution in [2.75, 3.05) is 28.4 Å². The number of nitro groups is 1. The normalized spacial score (nSPS) is 10.6. The van der Waals surface area contributed by atoms with Gasteiger partial charge in [0.2, 0.25) is 5.75 Å². The van der Waals surface area contributed by atoms with Crippen molar-refractivity contribution in [3.63, 3.8) is 0 Å². The number of hydrogen-bond acceptors (Lipinski definition) is 6. The predicted octanol–water partition coefficient (Wildman–Crippen LogP) is 3.80. The first kappa shape index (κ1) is 18.1. The maximum absolute atomic E-state index is 11.1. The summed E-state index contributed by atoms with van der Waals surface area (Å²) in [6.07, 6.45) is 3.56. The summed E-state index contributed by atoms with van der Waals surface area (Å²) in [5.74, 6) is 1.78. The third kappa shape index (κ3) is 4.00. The smallest absolute Gasteiger partial charge is 0.311 e. The van der Waals surface area contributed by atoms with E-state index < -0.39 is 4.92 Å². The molecule has 2 aromatic rings. The fourth-order valence-corrected chi connectivity index (χ4v) is 2.34. The number of nitro benzene ring substituents is 1. The standard InChI is InChI=1S/C18H19NO6/c1-22-15-8-7-12(9-14(15)19(20)21)5-6-13-10-16(23-2)18(25-4)17(11-13)24-3/h5-11H,1-4H3/b6-5-. The Hall–Kier alpha value is -3.22. The van der Waals surface area contributed by atoms with Crippen molar-refractivity contribution in [1.82, 2.24) is 0 Å². The largest absolute Gasteiger partial charge is 0.493 e. The molecule has 0 amide bonds. The van der Waals surface area contributed by atoms with Crippen molar-refractivity contribution >= 4 is 17.8 Å². The zero-order valence-electron chi connectivity index (χ0n) is 14.4. The number of benzene rings is 2. The van der Waals surface area contributed by atoms with Crippen LogP contribution < -0.4 is 18.9 Å². The van der Waals surface area contributed by atoms with Crippen LogP contribution in [0.5, 0.6) is 23.0 Å². The fourth-order valence-electron chi connectivity index (χ4n) is 2.34. The molecule has 0 N–H and O–H groups in total. The van der Waals surface area contributed by atoms with Crippen LogP contribution in [0.4, 0.5) is 5.69 Å². The Balaban J connectivity index is 2.39. The molecule has 0 atom stereocenters. The molecule has 0 spiro atoms. The molecule has 0 bridgehead atoms. The monoisotopic (exact) mass is 345 g/mol. The fraction of sp³-hybridized carbons (Fsp3) is 0.222. The number of ether oxygens (including phenoxy) is 4. The van der Waals surface area contributed by atoms with E-state index in [1.54, 1.807) is 36.4 Å². The van der Waals surface area contributed by atoms with Gasteiger partial charge in [0.1, 0.15) is 0 Å². The number of nitrogens with zero attached hydrogens (tertiary/aromatic N) is 1. The van der Waals surface area contributed by atoms with Crippen LogP contribution in [0.15, 0.2) is 30.3 Å². The Kier molecular flexibility index (Phi) is 5.84. The lowest BCUT2D eigenvalue weighted by atomic mass is 10.1. The molecule has 0 unspecified atom stereocenters. The van der Waals surface area contributed by atoms with E-state index in [0.717, 1.165) is 5.56 Å². The van der Waals surface area contributed by atoms with Gasteiger partial charge in [0, 0.05) is 6.07 Å². The van der Waals surface area contributed by atoms with Crippen LogP contribution >= 0.6 is 0 Å². The molecule has 7 nitrogen and oxygen atoms in total. The molecule has 0 heterocycles. The summed E-state index contributed by atoms with van der Waals surface area (Å²) in [5, 5.41) is 11.1. The van der Waals surface area contributed by atoms with E-state index in [1.807, 2.05) is 0 Å². The molecule has 0 aliphatic rings. The van der Waals surface area contributed by atoms with E-state index in [1.165, 1.54) is 34.5 Å². The Morgan fingerprint density at radius 3 is 1.84 bits per heavy atom. The van der Waals surface area contributed by atoms with Gasteiger partial charge in [-0.05, 0) is 29.3 Å². The first-order valence-electron chi connectivity index (χ1n) is 7.34. The minimum Gasteiger partial charge on any atom is -0.493 e. The Morgan fingerprint density at radius 2 is 1.36 bits per heavy atom. The molecular weight excluding hydrogens is 326 g/mol. The van der Waals surface area contributed by atoms with Crippen molar-refractivity contribution in [2.24, 2.45) is 0 Å². The van der Waals surface area contributed by atoms with Crippen LogP contribution in [-0.2, 0) is 0 Å². The van der Waals surface area contributed by atoms with E-state index >= 15 is 0 Å². The average Bonchev–Trinajstić information content (AvgIpc) is 2.64. The van der Waals surface area contributed by atoms with Crippen molar-refractivity contribution in [3.8, 4) is 23.0 Å². The van der Waals surface area contributed by atoms with Gasteiger partial charge in [0.15, 0.2) is 17.2 Å². The second-order valence-corrected chi connectivity index (χ2v) is 4.98. The van der Waals surface area contributed by atoms with Crippen LogP contribution in [0, 0.1) is 10.1 Å². The molecule has 0 saturated carbocycles. The molecule has 0 aliphatic heterocycles. The second-order valence-electron chi connectivity index (χ2n) is 4.98. The molecule has 0 radical (unpaired) electrons. The lowest BCUT2D eigenvalue weighted by molar-refractivity contribution is -0.385. The summed E-state index contributed by atoms with van der Waals surface area (Å²) < 4.78 is 20.9. The lowest BCUT2D eigenvalue weighted by Gasteiger charge is -2.12. The van der Waals surface area contributed by atoms with E-state index in [-0.39, 0.29) is 11.4 Å². The third-order valence-electron chi connectivity index (χ3n) is 3.55. The van der Waals surface area contributed by atoms with Crippen molar-refractivity contribution < 1.29 is 23.9 Å². The minimum absolute atomic E-state index is 0.0884. The quantitative estimate of drug-likeness (QED) is 0.431. The SMILES string of the molecule is COc1ccc(/C=C\c2cc(OC)c(OC)c(OC)c2)cc1[N+](=O)[O-]. The predicted molar refractivity (Wildman–Crippen MR) is 94.7 cm³/mol. The average molecular weight is 345 g/mol.